The van der Waals surface area contributed by atoms with Crippen molar-refractivity contribution in [1.29, 1.82) is 0 Å². The number of amides is 1. The number of aryl methyl sites for hydroxylation is 2. The molecule has 2 heterocycles. The average Bonchev–Trinajstić information content (AvgIpc) is 2.98. The second kappa shape index (κ2) is 5.76. The summed E-state index contributed by atoms with van der Waals surface area (Å²) < 4.78 is 7.46. The maximum absolute atomic E-state index is 12.0. The number of furan rings is 1. The molecule has 21 heavy (non-hydrogen) atoms. The second-order valence-electron chi connectivity index (χ2n) is 5.78. The lowest BCUT2D eigenvalue weighted by Gasteiger charge is -2.25. The van der Waals surface area contributed by atoms with Gasteiger partial charge in [-0.25, -0.2) is 0 Å². The Labute approximate surface area is 124 Å². The first-order valence-electron chi connectivity index (χ1n) is 7.49. The highest BCUT2D eigenvalue weighted by Crippen LogP contribution is 2.27. The van der Waals surface area contributed by atoms with Gasteiger partial charge in [0.1, 0.15) is 11.8 Å². The van der Waals surface area contributed by atoms with E-state index in [2.05, 4.69) is 10.4 Å². The molecule has 0 spiro atoms. The maximum atomic E-state index is 12.0. The van der Waals surface area contributed by atoms with Crippen molar-refractivity contribution in [3.63, 3.8) is 0 Å². The van der Waals surface area contributed by atoms with Gasteiger partial charge in [0, 0.05) is 18.2 Å². The van der Waals surface area contributed by atoms with Crippen molar-refractivity contribution in [2.45, 2.75) is 39.2 Å². The summed E-state index contributed by atoms with van der Waals surface area (Å²) in [4.78, 5) is 12.0. The van der Waals surface area contributed by atoms with Crippen LogP contribution in [0.5, 0.6) is 0 Å². The van der Waals surface area contributed by atoms with Crippen LogP contribution in [0.2, 0.25) is 0 Å². The summed E-state index contributed by atoms with van der Waals surface area (Å²) in [6, 6.07) is 5.72. The number of rotatable bonds is 5. The molecule has 3 rings (SSSR count). The van der Waals surface area contributed by atoms with Gasteiger partial charge in [-0.1, -0.05) is 6.42 Å². The van der Waals surface area contributed by atoms with Gasteiger partial charge in [-0.2, -0.15) is 5.10 Å². The number of nitrogens with zero attached hydrogens (tertiary/aromatic N) is 2. The Balaban J connectivity index is 1.76. The molecule has 1 aliphatic rings. The molecular formula is C16H21N3O2. The topological polar surface area (TPSA) is 60.1 Å². The van der Waals surface area contributed by atoms with Crippen molar-refractivity contribution in [2.75, 3.05) is 6.54 Å². The fourth-order valence-electron chi connectivity index (χ4n) is 2.76. The van der Waals surface area contributed by atoms with Gasteiger partial charge in [0.25, 0.3) is 0 Å². The lowest BCUT2D eigenvalue weighted by molar-refractivity contribution is -0.127. The molecule has 1 unspecified atom stereocenters. The molecule has 0 radical (unpaired) electrons. The highest BCUT2D eigenvalue weighted by molar-refractivity contribution is 5.79. The minimum Gasteiger partial charge on any atom is -0.467 e. The van der Waals surface area contributed by atoms with E-state index in [1.807, 2.05) is 36.7 Å². The Morgan fingerprint density at radius 3 is 2.86 bits per heavy atom. The van der Waals surface area contributed by atoms with Crippen molar-refractivity contribution in [3.05, 3.63) is 41.6 Å². The summed E-state index contributed by atoms with van der Waals surface area (Å²) in [5.41, 5.74) is 2.03. The summed E-state index contributed by atoms with van der Waals surface area (Å²) in [5, 5.41) is 7.58. The van der Waals surface area contributed by atoms with Gasteiger partial charge in [-0.15, -0.1) is 0 Å². The van der Waals surface area contributed by atoms with Crippen LogP contribution in [0.4, 0.5) is 0 Å². The normalized spacial score (nSPS) is 16.5. The average molecular weight is 287 g/mol. The number of hydrogen-bond donors (Lipinski definition) is 1. The molecule has 0 aliphatic heterocycles. The van der Waals surface area contributed by atoms with Gasteiger partial charge < -0.3 is 9.73 Å². The SMILES string of the molecule is Cc1cc(C)n(C(CNC(=O)C2CCC2)c2ccco2)n1. The Morgan fingerprint density at radius 2 is 2.33 bits per heavy atom. The minimum atomic E-state index is -0.0993. The monoisotopic (exact) mass is 287 g/mol. The number of aromatic nitrogens is 2. The van der Waals surface area contributed by atoms with E-state index in [9.17, 15) is 4.79 Å². The smallest absolute Gasteiger partial charge is 0.223 e. The summed E-state index contributed by atoms with van der Waals surface area (Å²) in [6.07, 6.45) is 4.84. The zero-order chi connectivity index (χ0) is 14.8. The first kappa shape index (κ1) is 13.9. The van der Waals surface area contributed by atoms with Gasteiger partial charge in [0.05, 0.1) is 12.0 Å². The Bertz CT molecular complexity index is 612. The fraction of sp³-hybridized carbons (Fsp3) is 0.500. The second-order valence-corrected chi connectivity index (χ2v) is 5.78. The number of carbonyl (C=O) groups excluding carboxylic acids is 1. The van der Waals surface area contributed by atoms with E-state index >= 15 is 0 Å². The van der Waals surface area contributed by atoms with Crippen molar-refractivity contribution in [3.8, 4) is 0 Å². The molecule has 1 N–H and O–H groups in total. The molecular weight excluding hydrogens is 266 g/mol. The van der Waals surface area contributed by atoms with Crippen LogP contribution in [0.15, 0.2) is 28.9 Å². The lowest BCUT2D eigenvalue weighted by Crippen LogP contribution is -2.38. The number of hydrogen-bond acceptors (Lipinski definition) is 3. The Kier molecular flexibility index (Phi) is 3.82. The largest absolute Gasteiger partial charge is 0.467 e. The Hall–Kier alpha value is -2.04. The molecule has 2 aromatic heterocycles. The van der Waals surface area contributed by atoms with Crippen LogP contribution in [-0.2, 0) is 4.79 Å². The number of nitrogens with one attached hydrogen (secondary N) is 1. The lowest BCUT2D eigenvalue weighted by atomic mass is 9.85. The molecule has 112 valence electrons. The highest BCUT2D eigenvalue weighted by Gasteiger charge is 2.27. The van der Waals surface area contributed by atoms with Crippen molar-refractivity contribution < 1.29 is 9.21 Å². The van der Waals surface area contributed by atoms with Crippen LogP contribution in [0.25, 0.3) is 0 Å². The third kappa shape index (κ3) is 2.86. The predicted octanol–water partition coefficient (Wildman–Crippen LogP) is 2.60. The summed E-state index contributed by atoms with van der Waals surface area (Å²) >= 11 is 0. The van der Waals surface area contributed by atoms with E-state index in [0.717, 1.165) is 36.4 Å². The molecule has 1 saturated carbocycles. The minimum absolute atomic E-state index is 0.0993. The molecule has 2 aromatic rings. The van der Waals surface area contributed by atoms with Crippen molar-refractivity contribution in [1.82, 2.24) is 15.1 Å². The van der Waals surface area contributed by atoms with Gasteiger partial charge in [-0.05, 0) is 44.9 Å². The van der Waals surface area contributed by atoms with Crippen LogP contribution in [0, 0.1) is 19.8 Å². The van der Waals surface area contributed by atoms with E-state index < -0.39 is 0 Å². The summed E-state index contributed by atoms with van der Waals surface area (Å²) in [6.45, 7) is 4.49. The summed E-state index contributed by atoms with van der Waals surface area (Å²) in [5.74, 6) is 1.16. The summed E-state index contributed by atoms with van der Waals surface area (Å²) in [7, 11) is 0. The van der Waals surface area contributed by atoms with E-state index in [4.69, 9.17) is 4.42 Å². The molecule has 5 heteroatoms. The zero-order valence-corrected chi connectivity index (χ0v) is 12.5. The standard InChI is InChI=1S/C16H21N3O2/c1-11-9-12(2)19(18-11)14(15-7-4-8-21-15)10-17-16(20)13-5-3-6-13/h4,7-9,13-14H,3,5-6,10H2,1-2H3,(H,17,20). The molecule has 5 nitrogen and oxygen atoms in total. The van der Waals surface area contributed by atoms with Gasteiger partial charge in [-0.3, -0.25) is 9.48 Å². The van der Waals surface area contributed by atoms with E-state index in [1.54, 1.807) is 6.26 Å². The van der Waals surface area contributed by atoms with Crippen LogP contribution >= 0.6 is 0 Å². The quantitative estimate of drug-likeness (QED) is 0.919. The van der Waals surface area contributed by atoms with Gasteiger partial charge >= 0.3 is 0 Å². The van der Waals surface area contributed by atoms with Crippen LogP contribution in [0.1, 0.15) is 42.5 Å². The van der Waals surface area contributed by atoms with Crippen molar-refractivity contribution in [2.24, 2.45) is 5.92 Å². The predicted molar refractivity (Wildman–Crippen MR) is 78.9 cm³/mol. The zero-order valence-electron chi connectivity index (χ0n) is 12.5. The molecule has 1 atom stereocenters. The first-order chi connectivity index (χ1) is 10.1. The molecule has 0 saturated heterocycles. The Morgan fingerprint density at radius 1 is 1.52 bits per heavy atom. The molecule has 1 amide bonds. The molecule has 1 aliphatic carbocycles. The maximum Gasteiger partial charge on any atom is 0.223 e. The molecule has 0 bridgehead atoms. The molecule has 1 fully saturated rings. The van der Waals surface area contributed by atoms with E-state index in [1.165, 1.54) is 0 Å². The van der Waals surface area contributed by atoms with Crippen LogP contribution in [-0.4, -0.2) is 22.2 Å². The fourth-order valence-corrected chi connectivity index (χ4v) is 2.76. The number of carbonyl (C=O) groups is 1. The van der Waals surface area contributed by atoms with Crippen molar-refractivity contribution >= 4 is 5.91 Å². The van der Waals surface area contributed by atoms with E-state index in [0.29, 0.717) is 6.54 Å². The third-order valence-electron chi connectivity index (χ3n) is 4.16. The van der Waals surface area contributed by atoms with Gasteiger partial charge in [0.15, 0.2) is 0 Å². The first-order valence-corrected chi connectivity index (χ1v) is 7.49. The molecule has 0 aromatic carbocycles. The van der Waals surface area contributed by atoms with Gasteiger partial charge in [0.2, 0.25) is 5.91 Å². The van der Waals surface area contributed by atoms with Crippen LogP contribution in [0.3, 0.4) is 0 Å². The van der Waals surface area contributed by atoms with E-state index in [-0.39, 0.29) is 17.9 Å². The third-order valence-corrected chi connectivity index (χ3v) is 4.16. The highest BCUT2D eigenvalue weighted by atomic mass is 16.3. The van der Waals surface area contributed by atoms with Crippen LogP contribution < -0.4 is 5.32 Å².